The van der Waals surface area contributed by atoms with Crippen LogP contribution in [0.2, 0.25) is 0 Å². The van der Waals surface area contributed by atoms with Crippen molar-refractivity contribution < 1.29 is 4.79 Å². The lowest BCUT2D eigenvalue weighted by Crippen LogP contribution is -1.95. The van der Waals surface area contributed by atoms with Crippen LogP contribution < -0.4 is 0 Å². The Morgan fingerprint density at radius 3 is 2.09 bits per heavy atom. The normalized spacial score (nSPS) is 14.4. The summed E-state index contributed by atoms with van der Waals surface area (Å²) in [6.07, 6.45) is 1.73. The number of hydrogen-bond donors (Lipinski definition) is 0. The summed E-state index contributed by atoms with van der Waals surface area (Å²) in [5.74, 6) is -0.155. The van der Waals surface area contributed by atoms with E-state index in [1.54, 1.807) is 30.3 Å². The van der Waals surface area contributed by atoms with Crippen molar-refractivity contribution in [2.75, 3.05) is 0 Å². The molecule has 0 fully saturated rings. The maximum absolute atomic E-state index is 12.6. The summed E-state index contributed by atoms with van der Waals surface area (Å²) >= 11 is 0. The molecule has 3 rings (SSSR count). The molecule has 3 heteroatoms. The third-order valence-electron chi connectivity index (χ3n) is 3.54. The first-order valence-corrected chi connectivity index (χ1v) is 6.72. The number of Topliss-reactive ketones (excluding diaryl/α,β-unsaturated/α-hetero) is 1. The standard InChI is InChI=1S/C19H10N2O/c20-11-14(12-21)18-15-8-4-5-9-16(15)19(22)17(18)10-13-6-2-1-3-7-13/h1-10H/b17-10-. The minimum absolute atomic E-state index is 0.0412. The number of carbonyl (C=O) groups excluding carboxylic acids is 1. The van der Waals surface area contributed by atoms with E-state index in [-0.39, 0.29) is 11.4 Å². The molecular weight excluding hydrogens is 272 g/mol. The Hall–Kier alpha value is -3.43. The van der Waals surface area contributed by atoms with E-state index in [1.165, 1.54) is 0 Å². The maximum atomic E-state index is 12.6. The Morgan fingerprint density at radius 2 is 1.45 bits per heavy atom. The molecule has 0 heterocycles. The molecule has 0 amide bonds. The Morgan fingerprint density at radius 1 is 0.864 bits per heavy atom. The van der Waals surface area contributed by atoms with E-state index >= 15 is 0 Å². The number of hydrogen-bond acceptors (Lipinski definition) is 3. The van der Waals surface area contributed by atoms with Gasteiger partial charge in [-0.1, -0.05) is 54.6 Å². The van der Waals surface area contributed by atoms with Crippen molar-refractivity contribution in [1.29, 1.82) is 10.5 Å². The van der Waals surface area contributed by atoms with Crippen molar-refractivity contribution in [3.63, 3.8) is 0 Å². The highest BCUT2D eigenvalue weighted by Gasteiger charge is 2.31. The summed E-state index contributed by atoms with van der Waals surface area (Å²) < 4.78 is 0. The monoisotopic (exact) mass is 282 g/mol. The Kier molecular flexibility index (Phi) is 3.40. The second-order valence-electron chi connectivity index (χ2n) is 4.82. The van der Waals surface area contributed by atoms with Gasteiger partial charge in [0.25, 0.3) is 0 Å². The molecule has 1 aliphatic carbocycles. The van der Waals surface area contributed by atoms with Crippen LogP contribution in [0.4, 0.5) is 0 Å². The second-order valence-corrected chi connectivity index (χ2v) is 4.82. The molecule has 0 N–H and O–H groups in total. The highest BCUT2D eigenvalue weighted by molar-refractivity contribution is 6.29. The Bertz CT molecular complexity index is 890. The van der Waals surface area contributed by atoms with Gasteiger partial charge in [-0.05, 0) is 17.2 Å². The van der Waals surface area contributed by atoms with Gasteiger partial charge in [-0.3, -0.25) is 4.79 Å². The van der Waals surface area contributed by atoms with Crippen LogP contribution in [0.15, 0.2) is 65.7 Å². The fraction of sp³-hybridized carbons (Fsp3) is 0. The molecule has 0 saturated heterocycles. The first kappa shape index (κ1) is 13.5. The van der Waals surface area contributed by atoms with E-state index in [2.05, 4.69) is 0 Å². The predicted octanol–water partition coefficient (Wildman–Crippen LogP) is 3.77. The molecule has 0 radical (unpaired) electrons. The van der Waals surface area contributed by atoms with Crippen LogP contribution in [-0.2, 0) is 0 Å². The number of carbonyl (C=O) groups is 1. The summed E-state index contributed by atoms with van der Waals surface area (Å²) in [4.78, 5) is 12.6. The molecule has 0 unspecified atom stereocenters. The highest BCUT2D eigenvalue weighted by atomic mass is 16.1. The number of allylic oxidation sites excluding steroid dienone is 3. The van der Waals surface area contributed by atoms with Gasteiger partial charge in [0.2, 0.25) is 0 Å². The number of nitrogens with zero attached hydrogens (tertiary/aromatic N) is 2. The number of nitriles is 2. The average Bonchev–Trinajstić information content (AvgIpc) is 2.84. The Balaban J connectivity index is 2.30. The van der Waals surface area contributed by atoms with Crippen molar-refractivity contribution in [2.45, 2.75) is 0 Å². The van der Waals surface area contributed by atoms with Crippen molar-refractivity contribution >= 4 is 17.4 Å². The minimum atomic E-state index is -0.155. The molecular formula is C19H10N2O. The fourth-order valence-corrected chi connectivity index (χ4v) is 2.56. The van der Waals surface area contributed by atoms with Crippen molar-refractivity contribution in [2.24, 2.45) is 0 Å². The van der Waals surface area contributed by atoms with Gasteiger partial charge in [0, 0.05) is 16.7 Å². The van der Waals surface area contributed by atoms with Crippen LogP contribution in [0.3, 0.4) is 0 Å². The molecule has 102 valence electrons. The topological polar surface area (TPSA) is 64.7 Å². The van der Waals surface area contributed by atoms with Crippen LogP contribution in [-0.4, -0.2) is 5.78 Å². The predicted molar refractivity (Wildman–Crippen MR) is 83.3 cm³/mol. The number of rotatable bonds is 1. The summed E-state index contributed by atoms with van der Waals surface area (Å²) in [7, 11) is 0. The van der Waals surface area contributed by atoms with E-state index in [1.807, 2.05) is 42.5 Å². The quantitative estimate of drug-likeness (QED) is 0.590. The van der Waals surface area contributed by atoms with Crippen molar-refractivity contribution in [3.05, 3.63) is 82.4 Å². The maximum Gasteiger partial charge on any atom is 0.194 e. The van der Waals surface area contributed by atoms with Gasteiger partial charge in [-0.2, -0.15) is 10.5 Å². The summed E-state index contributed by atoms with van der Waals surface area (Å²) in [5.41, 5.74) is 2.81. The molecule has 0 spiro atoms. The molecule has 0 bridgehead atoms. The molecule has 0 aliphatic heterocycles. The molecule has 2 aromatic rings. The van der Waals surface area contributed by atoms with E-state index in [4.69, 9.17) is 0 Å². The lowest BCUT2D eigenvalue weighted by atomic mass is 9.98. The van der Waals surface area contributed by atoms with Crippen molar-refractivity contribution in [3.8, 4) is 12.1 Å². The van der Waals surface area contributed by atoms with E-state index in [0.29, 0.717) is 22.3 Å². The lowest BCUT2D eigenvalue weighted by Gasteiger charge is -2.02. The Labute approximate surface area is 128 Å². The van der Waals surface area contributed by atoms with Gasteiger partial charge in [-0.15, -0.1) is 0 Å². The molecule has 2 aromatic carbocycles. The zero-order chi connectivity index (χ0) is 15.5. The minimum Gasteiger partial charge on any atom is -0.289 e. The first-order chi connectivity index (χ1) is 10.8. The molecule has 0 saturated carbocycles. The fourth-order valence-electron chi connectivity index (χ4n) is 2.56. The third kappa shape index (κ3) is 2.12. The first-order valence-electron chi connectivity index (χ1n) is 6.72. The van der Waals surface area contributed by atoms with E-state index < -0.39 is 0 Å². The van der Waals surface area contributed by atoms with Gasteiger partial charge in [0.15, 0.2) is 5.78 Å². The zero-order valence-electron chi connectivity index (χ0n) is 11.6. The molecule has 0 atom stereocenters. The highest BCUT2D eigenvalue weighted by Crippen LogP contribution is 2.39. The zero-order valence-corrected chi connectivity index (χ0v) is 11.6. The number of fused-ring (bicyclic) bond motifs is 1. The van der Waals surface area contributed by atoms with E-state index in [9.17, 15) is 15.3 Å². The van der Waals surface area contributed by atoms with Crippen LogP contribution in [0.5, 0.6) is 0 Å². The average molecular weight is 282 g/mol. The number of benzene rings is 2. The SMILES string of the molecule is N#CC(C#N)=C1/C(=C/c2ccccc2)C(=O)c2ccccc21. The summed E-state index contributed by atoms with van der Waals surface area (Å²) in [5, 5.41) is 18.4. The lowest BCUT2D eigenvalue weighted by molar-refractivity contribution is 0.104. The van der Waals surface area contributed by atoms with Gasteiger partial charge < -0.3 is 0 Å². The van der Waals surface area contributed by atoms with Gasteiger partial charge in [-0.25, -0.2) is 0 Å². The van der Waals surface area contributed by atoms with Crippen molar-refractivity contribution in [1.82, 2.24) is 0 Å². The van der Waals surface area contributed by atoms with Crippen LogP contribution in [0.25, 0.3) is 11.6 Å². The van der Waals surface area contributed by atoms with Crippen LogP contribution in [0, 0.1) is 22.7 Å². The molecule has 0 aromatic heterocycles. The summed E-state index contributed by atoms with van der Waals surface area (Å²) in [6, 6.07) is 20.2. The van der Waals surface area contributed by atoms with Gasteiger partial charge in [0.1, 0.15) is 17.7 Å². The van der Waals surface area contributed by atoms with Crippen LogP contribution in [0.1, 0.15) is 21.5 Å². The molecule has 1 aliphatic rings. The third-order valence-corrected chi connectivity index (χ3v) is 3.54. The molecule has 22 heavy (non-hydrogen) atoms. The number of ketones is 1. The van der Waals surface area contributed by atoms with E-state index in [0.717, 1.165) is 5.56 Å². The second kappa shape index (κ2) is 5.52. The largest absolute Gasteiger partial charge is 0.289 e. The van der Waals surface area contributed by atoms with Gasteiger partial charge in [0.05, 0.1) is 0 Å². The smallest absolute Gasteiger partial charge is 0.194 e. The summed E-state index contributed by atoms with van der Waals surface area (Å²) in [6.45, 7) is 0. The molecule has 3 nitrogen and oxygen atoms in total. The van der Waals surface area contributed by atoms with Crippen LogP contribution >= 0.6 is 0 Å². The van der Waals surface area contributed by atoms with Gasteiger partial charge >= 0.3 is 0 Å².